The second-order valence-electron chi connectivity index (χ2n) is 4.39. The molecule has 8 heteroatoms. The second-order valence-corrected chi connectivity index (χ2v) is 5.45. The summed E-state index contributed by atoms with van der Waals surface area (Å²) in [6, 6.07) is 3.80. The van der Waals surface area contributed by atoms with E-state index in [9.17, 15) is 13.2 Å². The Morgan fingerprint density at radius 1 is 1.33 bits per heavy atom. The number of rotatable bonds is 3. The van der Waals surface area contributed by atoms with Crippen molar-refractivity contribution in [2.24, 2.45) is 0 Å². The Bertz CT molecular complexity index is 687. The topological polar surface area (TPSA) is 52.8 Å². The first-order valence-corrected chi connectivity index (χ1v) is 6.79. The van der Waals surface area contributed by atoms with Crippen LogP contribution in [0.2, 0.25) is 0 Å². The molecule has 0 aliphatic heterocycles. The number of nitriles is 1. The number of anilines is 1. The summed E-state index contributed by atoms with van der Waals surface area (Å²) in [6.07, 6.45) is -4.54. The van der Waals surface area contributed by atoms with E-state index >= 15 is 0 Å². The summed E-state index contributed by atoms with van der Waals surface area (Å²) in [5.41, 5.74) is -0.196. The first kappa shape index (κ1) is 15.3. The van der Waals surface area contributed by atoms with Crippen molar-refractivity contribution in [2.45, 2.75) is 19.6 Å². The molecule has 0 aliphatic rings. The number of aryl methyl sites for hydroxylation is 1. The van der Waals surface area contributed by atoms with Crippen LogP contribution in [0.15, 0.2) is 17.5 Å². The maximum absolute atomic E-state index is 12.7. The molecule has 0 atom stereocenters. The van der Waals surface area contributed by atoms with Crippen LogP contribution in [0.5, 0.6) is 0 Å². The molecule has 0 saturated carbocycles. The molecule has 0 fully saturated rings. The van der Waals surface area contributed by atoms with Crippen molar-refractivity contribution in [3.63, 3.8) is 0 Å². The molecular formula is C13H11F3N4S. The van der Waals surface area contributed by atoms with Crippen LogP contribution in [-0.2, 0) is 12.7 Å². The van der Waals surface area contributed by atoms with Gasteiger partial charge in [-0.25, -0.2) is 9.97 Å². The standard InChI is InChI=1S/C13H11F3N4S/c1-8-18-10(7-21-8)6-20(2)12-9(5-17)3-4-11(19-12)13(14,15)16/h3-4,7H,6H2,1-2H3. The minimum atomic E-state index is -4.54. The van der Waals surface area contributed by atoms with E-state index < -0.39 is 11.9 Å². The number of thiazole rings is 1. The molecule has 4 nitrogen and oxygen atoms in total. The Morgan fingerprint density at radius 2 is 2.05 bits per heavy atom. The van der Waals surface area contributed by atoms with Gasteiger partial charge < -0.3 is 4.90 Å². The van der Waals surface area contributed by atoms with Gasteiger partial charge in [0.05, 0.1) is 22.8 Å². The Hall–Kier alpha value is -2.14. The normalized spacial score (nSPS) is 11.2. The van der Waals surface area contributed by atoms with Gasteiger partial charge in [0.25, 0.3) is 0 Å². The lowest BCUT2D eigenvalue weighted by atomic mass is 10.2. The van der Waals surface area contributed by atoms with Gasteiger partial charge in [0, 0.05) is 12.4 Å². The molecule has 0 radical (unpaired) electrons. The lowest BCUT2D eigenvalue weighted by Gasteiger charge is -2.19. The number of aromatic nitrogens is 2. The average Bonchev–Trinajstić information content (AvgIpc) is 2.82. The monoisotopic (exact) mass is 312 g/mol. The number of halogens is 3. The molecular weight excluding hydrogens is 301 g/mol. The van der Waals surface area contributed by atoms with Crippen molar-refractivity contribution in [1.29, 1.82) is 5.26 Å². The second kappa shape index (κ2) is 5.69. The summed E-state index contributed by atoms with van der Waals surface area (Å²) in [7, 11) is 1.58. The SMILES string of the molecule is Cc1nc(CN(C)c2nc(C(F)(F)F)ccc2C#N)cs1. The number of nitrogens with zero attached hydrogens (tertiary/aromatic N) is 4. The van der Waals surface area contributed by atoms with E-state index in [1.54, 1.807) is 7.05 Å². The van der Waals surface area contributed by atoms with Crippen molar-refractivity contribution in [1.82, 2.24) is 9.97 Å². The summed E-state index contributed by atoms with van der Waals surface area (Å²) < 4.78 is 38.2. The fourth-order valence-electron chi connectivity index (χ4n) is 1.78. The number of pyridine rings is 1. The predicted octanol–water partition coefficient (Wildman–Crippen LogP) is 3.37. The van der Waals surface area contributed by atoms with E-state index in [-0.39, 0.29) is 17.9 Å². The molecule has 0 aliphatic carbocycles. The molecule has 2 aromatic heterocycles. The zero-order valence-corrected chi connectivity index (χ0v) is 12.1. The minimum Gasteiger partial charge on any atom is -0.353 e. The summed E-state index contributed by atoms with van der Waals surface area (Å²) in [6.45, 7) is 2.13. The fraction of sp³-hybridized carbons (Fsp3) is 0.308. The molecule has 0 amide bonds. The summed E-state index contributed by atoms with van der Waals surface area (Å²) in [5, 5.41) is 11.7. The van der Waals surface area contributed by atoms with Crippen molar-refractivity contribution >= 4 is 17.2 Å². The van der Waals surface area contributed by atoms with Crippen molar-refractivity contribution in [3.05, 3.63) is 39.5 Å². The average molecular weight is 312 g/mol. The van der Waals surface area contributed by atoms with Gasteiger partial charge in [0.1, 0.15) is 17.6 Å². The Morgan fingerprint density at radius 3 is 2.57 bits per heavy atom. The minimum absolute atomic E-state index is 0.00187. The molecule has 2 aromatic rings. The first-order chi connectivity index (χ1) is 9.81. The van der Waals surface area contributed by atoms with Crippen LogP contribution < -0.4 is 4.90 Å². The van der Waals surface area contributed by atoms with Crippen LogP contribution in [0.4, 0.5) is 19.0 Å². The van der Waals surface area contributed by atoms with E-state index in [0.29, 0.717) is 0 Å². The number of hydrogen-bond donors (Lipinski definition) is 0. The van der Waals surface area contributed by atoms with E-state index in [2.05, 4.69) is 9.97 Å². The molecule has 0 saturated heterocycles. The zero-order chi connectivity index (χ0) is 15.6. The van der Waals surface area contributed by atoms with Crippen LogP contribution in [-0.4, -0.2) is 17.0 Å². The predicted molar refractivity (Wildman–Crippen MR) is 72.9 cm³/mol. The molecule has 0 spiro atoms. The quantitative estimate of drug-likeness (QED) is 0.872. The molecule has 0 unspecified atom stereocenters. The lowest BCUT2D eigenvalue weighted by molar-refractivity contribution is -0.141. The van der Waals surface area contributed by atoms with Crippen LogP contribution in [0.3, 0.4) is 0 Å². The van der Waals surface area contributed by atoms with E-state index in [1.807, 2.05) is 18.4 Å². The number of alkyl halides is 3. The maximum Gasteiger partial charge on any atom is 0.433 e. The molecule has 2 heterocycles. The summed E-state index contributed by atoms with van der Waals surface area (Å²) >= 11 is 1.46. The van der Waals surface area contributed by atoms with Crippen LogP contribution in [0.25, 0.3) is 0 Å². The molecule has 21 heavy (non-hydrogen) atoms. The number of hydrogen-bond acceptors (Lipinski definition) is 5. The van der Waals surface area contributed by atoms with Crippen LogP contribution >= 0.6 is 11.3 Å². The highest BCUT2D eigenvalue weighted by Crippen LogP contribution is 2.30. The molecule has 0 aromatic carbocycles. The molecule has 0 bridgehead atoms. The van der Waals surface area contributed by atoms with E-state index in [1.165, 1.54) is 16.2 Å². The Balaban J connectivity index is 2.34. The van der Waals surface area contributed by atoms with Gasteiger partial charge in [-0.1, -0.05) is 0 Å². The Kier molecular flexibility index (Phi) is 4.14. The van der Waals surface area contributed by atoms with Crippen molar-refractivity contribution in [3.8, 4) is 6.07 Å². The van der Waals surface area contributed by atoms with Gasteiger partial charge in [0.15, 0.2) is 0 Å². The van der Waals surface area contributed by atoms with Crippen molar-refractivity contribution in [2.75, 3.05) is 11.9 Å². The third-order valence-corrected chi connectivity index (χ3v) is 3.54. The van der Waals surface area contributed by atoms with E-state index in [0.717, 1.165) is 22.8 Å². The van der Waals surface area contributed by atoms with Crippen LogP contribution in [0.1, 0.15) is 22.0 Å². The highest BCUT2D eigenvalue weighted by atomic mass is 32.1. The molecule has 0 N–H and O–H groups in total. The lowest BCUT2D eigenvalue weighted by Crippen LogP contribution is -2.21. The van der Waals surface area contributed by atoms with Crippen molar-refractivity contribution < 1.29 is 13.2 Å². The highest BCUT2D eigenvalue weighted by molar-refractivity contribution is 7.09. The molecule has 110 valence electrons. The van der Waals surface area contributed by atoms with Gasteiger partial charge >= 0.3 is 6.18 Å². The largest absolute Gasteiger partial charge is 0.433 e. The smallest absolute Gasteiger partial charge is 0.353 e. The maximum atomic E-state index is 12.7. The highest BCUT2D eigenvalue weighted by Gasteiger charge is 2.33. The van der Waals surface area contributed by atoms with Gasteiger partial charge in [-0.2, -0.15) is 18.4 Å². The van der Waals surface area contributed by atoms with Gasteiger partial charge in [0.2, 0.25) is 0 Å². The fourth-order valence-corrected chi connectivity index (χ4v) is 2.39. The zero-order valence-electron chi connectivity index (χ0n) is 11.3. The van der Waals surface area contributed by atoms with E-state index in [4.69, 9.17) is 5.26 Å². The summed E-state index contributed by atoms with van der Waals surface area (Å²) in [4.78, 5) is 9.31. The molecule has 2 rings (SSSR count). The summed E-state index contributed by atoms with van der Waals surface area (Å²) in [5.74, 6) is -0.00187. The Labute approximate surface area is 123 Å². The van der Waals surface area contributed by atoms with Crippen LogP contribution in [0, 0.1) is 18.3 Å². The van der Waals surface area contributed by atoms with Gasteiger partial charge in [-0.05, 0) is 19.1 Å². The third kappa shape index (κ3) is 3.49. The van der Waals surface area contributed by atoms with Gasteiger partial charge in [-0.15, -0.1) is 11.3 Å². The first-order valence-electron chi connectivity index (χ1n) is 5.91. The third-order valence-electron chi connectivity index (χ3n) is 2.71. The van der Waals surface area contributed by atoms with Gasteiger partial charge in [-0.3, -0.25) is 0 Å².